The van der Waals surface area contributed by atoms with Crippen molar-refractivity contribution in [2.75, 3.05) is 11.9 Å². The summed E-state index contributed by atoms with van der Waals surface area (Å²) >= 11 is 3.37. The minimum Gasteiger partial charge on any atom is -0.212 e. The Bertz CT molecular complexity index is 321. The van der Waals surface area contributed by atoms with Gasteiger partial charge in [-0.3, -0.25) is 0 Å². The molecule has 0 aromatic heterocycles. The number of halogens is 1. The fourth-order valence-electron chi connectivity index (χ4n) is 2.53. The van der Waals surface area contributed by atoms with E-state index in [9.17, 15) is 8.42 Å². The maximum atomic E-state index is 12.3. The molecule has 94 valence electrons. The second-order valence-electron chi connectivity index (χ2n) is 4.84. The molecule has 3 nitrogen and oxygen atoms in total. The second-order valence-corrected chi connectivity index (χ2v) is 7.79. The van der Waals surface area contributed by atoms with E-state index >= 15 is 0 Å². The summed E-state index contributed by atoms with van der Waals surface area (Å²) in [4.78, 5) is 0. The smallest absolute Gasteiger partial charge is 0.212 e. The Kier molecular flexibility index (Phi) is 4.30. The first kappa shape index (κ1) is 12.8. The van der Waals surface area contributed by atoms with E-state index in [2.05, 4.69) is 15.9 Å². The summed E-state index contributed by atoms with van der Waals surface area (Å²) in [5, 5.41) is 0.684. The number of rotatable bonds is 5. The third-order valence-electron chi connectivity index (χ3n) is 3.56. The van der Waals surface area contributed by atoms with Crippen LogP contribution in [0.4, 0.5) is 0 Å². The minimum absolute atomic E-state index is 0.0616. The molecule has 0 spiro atoms. The summed E-state index contributed by atoms with van der Waals surface area (Å²) in [5.41, 5.74) is 0. The molecule has 2 saturated carbocycles. The lowest BCUT2D eigenvalue weighted by atomic mass is 9.95. The van der Waals surface area contributed by atoms with E-state index < -0.39 is 10.0 Å². The molecule has 0 unspecified atom stereocenters. The third-order valence-corrected chi connectivity index (χ3v) is 6.36. The monoisotopic (exact) mass is 309 g/mol. The van der Waals surface area contributed by atoms with Crippen molar-refractivity contribution < 1.29 is 8.42 Å². The lowest BCUT2D eigenvalue weighted by Crippen LogP contribution is -2.44. The molecule has 2 rings (SSSR count). The van der Waals surface area contributed by atoms with Crippen molar-refractivity contribution >= 4 is 26.0 Å². The Morgan fingerprint density at radius 2 is 1.69 bits per heavy atom. The first-order chi connectivity index (χ1) is 7.66. The predicted octanol–water partition coefficient (Wildman–Crippen LogP) is 2.51. The van der Waals surface area contributed by atoms with Gasteiger partial charge in [-0.1, -0.05) is 35.2 Å². The van der Waals surface area contributed by atoms with Gasteiger partial charge < -0.3 is 0 Å². The highest BCUT2D eigenvalue weighted by atomic mass is 79.9. The molecule has 0 aromatic carbocycles. The van der Waals surface area contributed by atoms with Crippen LogP contribution in [0.2, 0.25) is 0 Å². The van der Waals surface area contributed by atoms with E-state index in [4.69, 9.17) is 0 Å². The van der Waals surface area contributed by atoms with Crippen LogP contribution in [0.25, 0.3) is 0 Å². The summed E-state index contributed by atoms with van der Waals surface area (Å²) in [7, 11) is -2.99. The van der Waals surface area contributed by atoms with Gasteiger partial charge in [-0.2, -0.15) is 4.31 Å². The molecule has 2 aliphatic rings. The zero-order valence-corrected chi connectivity index (χ0v) is 12.0. The highest BCUT2D eigenvalue weighted by molar-refractivity contribution is 9.09. The van der Waals surface area contributed by atoms with Crippen LogP contribution in [0.5, 0.6) is 0 Å². The predicted molar refractivity (Wildman–Crippen MR) is 69.3 cm³/mol. The van der Waals surface area contributed by atoms with Crippen molar-refractivity contribution in [3.8, 4) is 0 Å². The molecular weight excluding hydrogens is 290 g/mol. The normalized spacial score (nSPS) is 23.9. The van der Waals surface area contributed by atoms with Gasteiger partial charge in [0.1, 0.15) is 0 Å². The first-order valence-electron chi connectivity index (χ1n) is 6.23. The fraction of sp³-hybridized carbons (Fsp3) is 1.00. The molecule has 0 atom stereocenters. The zero-order chi connectivity index (χ0) is 11.6. The summed E-state index contributed by atoms with van der Waals surface area (Å²) in [6.45, 7) is 0.642. The average molecular weight is 310 g/mol. The standard InChI is InChI=1S/C11H20BrNO2S/c12-8-9-13(10-4-2-1-3-5-10)16(14,15)11-6-7-11/h10-11H,1-9H2. The van der Waals surface area contributed by atoms with E-state index in [-0.39, 0.29) is 11.3 Å². The molecule has 0 radical (unpaired) electrons. The largest absolute Gasteiger partial charge is 0.217 e. The quantitative estimate of drug-likeness (QED) is 0.732. The highest BCUT2D eigenvalue weighted by Crippen LogP contribution is 2.34. The molecule has 0 saturated heterocycles. The maximum absolute atomic E-state index is 12.3. The molecule has 0 bridgehead atoms. The van der Waals surface area contributed by atoms with Crippen molar-refractivity contribution in [3.05, 3.63) is 0 Å². The van der Waals surface area contributed by atoms with Crippen LogP contribution in [-0.2, 0) is 10.0 Å². The Balaban J connectivity index is 2.08. The van der Waals surface area contributed by atoms with Gasteiger partial charge >= 0.3 is 0 Å². The summed E-state index contributed by atoms with van der Waals surface area (Å²) < 4.78 is 26.4. The zero-order valence-electron chi connectivity index (χ0n) is 9.57. The topological polar surface area (TPSA) is 37.4 Å². The molecule has 5 heteroatoms. The average Bonchev–Trinajstić information content (AvgIpc) is 3.11. The van der Waals surface area contributed by atoms with Gasteiger partial charge in [0, 0.05) is 17.9 Å². The second kappa shape index (κ2) is 5.36. The van der Waals surface area contributed by atoms with Gasteiger partial charge in [0.05, 0.1) is 5.25 Å². The van der Waals surface area contributed by atoms with Crippen molar-refractivity contribution in [2.45, 2.75) is 56.2 Å². The Hall–Kier alpha value is 0.390. The molecule has 0 aliphatic heterocycles. The maximum Gasteiger partial charge on any atom is 0.217 e. The number of hydrogen-bond acceptors (Lipinski definition) is 2. The number of hydrogen-bond donors (Lipinski definition) is 0. The lowest BCUT2D eigenvalue weighted by Gasteiger charge is -2.33. The van der Waals surface area contributed by atoms with Crippen molar-refractivity contribution in [2.24, 2.45) is 0 Å². The Morgan fingerprint density at radius 3 is 2.19 bits per heavy atom. The van der Waals surface area contributed by atoms with Gasteiger partial charge in [-0.05, 0) is 25.7 Å². The van der Waals surface area contributed by atoms with Gasteiger partial charge in [0.2, 0.25) is 10.0 Å². The molecule has 2 fully saturated rings. The molecule has 0 aromatic rings. The molecule has 0 N–H and O–H groups in total. The Labute approximate surface area is 107 Å². The highest BCUT2D eigenvalue weighted by Gasteiger charge is 2.42. The van der Waals surface area contributed by atoms with E-state index in [0.717, 1.165) is 31.0 Å². The van der Waals surface area contributed by atoms with Crippen LogP contribution in [0.1, 0.15) is 44.9 Å². The van der Waals surface area contributed by atoms with E-state index in [1.54, 1.807) is 4.31 Å². The summed E-state index contributed by atoms with van der Waals surface area (Å²) in [6.07, 6.45) is 7.48. The van der Waals surface area contributed by atoms with Crippen LogP contribution >= 0.6 is 15.9 Å². The van der Waals surface area contributed by atoms with Gasteiger partial charge in [0.15, 0.2) is 0 Å². The van der Waals surface area contributed by atoms with Crippen LogP contribution in [0, 0.1) is 0 Å². The minimum atomic E-state index is -2.99. The number of alkyl halides is 1. The molecule has 16 heavy (non-hydrogen) atoms. The van der Waals surface area contributed by atoms with Crippen LogP contribution in [0.15, 0.2) is 0 Å². The Morgan fingerprint density at radius 1 is 1.06 bits per heavy atom. The third kappa shape index (κ3) is 2.79. The SMILES string of the molecule is O=S(=O)(C1CC1)N(CCBr)C1CCCCC1. The molecular formula is C11H20BrNO2S. The van der Waals surface area contributed by atoms with E-state index in [1.165, 1.54) is 19.3 Å². The molecule has 0 amide bonds. The van der Waals surface area contributed by atoms with E-state index in [1.807, 2.05) is 0 Å². The van der Waals surface area contributed by atoms with Crippen LogP contribution < -0.4 is 0 Å². The van der Waals surface area contributed by atoms with Crippen LogP contribution in [0.3, 0.4) is 0 Å². The summed E-state index contributed by atoms with van der Waals surface area (Å²) in [5.74, 6) is 0. The van der Waals surface area contributed by atoms with Crippen molar-refractivity contribution in [3.63, 3.8) is 0 Å². The van der Waals surface area contributed by atoms with Crippen molar-refractivity contribution in [1.29, 1.82) is 0 Å². The van der Waals surface area contributed by atoms with Crippen molar-refractivity contribution in [1.82, 2.24) is 4.31 Å². The van der Waals surface area contributed by atoms with Gasteiger partial charge in [0.25, 0.3) is 0 Å². The molecule has 2 aliphatic carbocycles. The molecule has 0 heterocycles. The van der Waals surface area contributed by atoms with Gasteiger partial charge in [-0.15, -0.1) is 0 Å². The summed E-state index contributed by atoms with van der Waals surface area (Å²) in [6, 6.07) is 0.275. The van der Waals surface area contributed by atoms with E-state index in [0.29, 0.717) is 6.54 Å². The fourth-order valence-corrected chi connectivity index (χ4v) is 5.23. The number of sulfonamides is 1. The lowest BCUT2D eigenvalue weighted by molar-refractivity contribution is 0.262. The number of nitrogens with zero attached hydrogens (tertiary/aromatic N) is 1. The first-order valence-corrected chi connectivity index (χ1v) is 8.85. The van der Waals surface area contributed by atoms with Crippen LogP contribution in [-0.4, -0.2) is 35.9 Å². The van der Waals surface area contributed by atoms with Gasteiger partial charge in [-0.25, -0.2) is 8.42 Å².